The van der Waals surface area contributed by atoms with Crippen molar-refractivity contribution in [2.24, 2.45) is 0 Å². The van der Waals surface area contributed by atoms with Crippen LogP contribution in [-0.4, -0.2) is 18.0 Å². The van der Waals surface area contributed by atoms with E-state index in [2.05, 4.69) is 30.5 Å². The van der Waals surface area contributed by atoms with Crippen LogP contribution in [-0.2, 0) is 11.2 Å². The minimum absolute atomic E-state index is 0.103. The summed E-state index contributed by atoms with van der Waals surface area (Å²) in [5.41, 5.74) is 2.34. The molecule has 1 aromatic carbocycles. The Morgan fingerprint density at radius 2 is 2.22 bits per heavy atom. The van der Waals surface area contributed by atoms with Crippen molar-refractivity contribution in [3.63, 3.8) is 0 Å². The van der Waals surface area contributed by atoms with E-state index in [9.17, 15) is 4.79 Å². The first-order valence-corrected chi connectivity index (χ1v) is 6.89. The molecule has 2 atom stereocenters. The maximum Gasteiger partial charge on any atom is 0.243 e. The van der Waals surface area contributed by atoms with E-state index in [0.717, 1.165) is 31.4 Å². The van der Waals surface area contributed by atoms with Gasteiger partial charge in [-0.05, 0) is 24.5 Å². The van der Waals surface area contributed by atoms with Crippen molar-refractivity contribution in [1.82, 2.24) is 5.32 Å². The van der Waals surface area contributed by atoms with Gasteiger partial charge in [0.05, 0.1) is 0 Å². The van der Waals surface area contributed by atoms with Crippen molar-refractivity contribution < 1.29 is 4.79 Å². The maximum atomic E-state index is 12.2. The molecule has 2 rings (SSSR count). The summed E-state index contributed by atoms with van der Waals surface area (Å²) >= 11 is 0. The summed E-state index contributed by atoms with van der Waals surface area (Å²) in [6, 6.07) is 8.34. The number of para-hydroxylation sites is 1. The van der Waals surface area contributed by atoms with Gasteiger partial charge in [0.15, 0.2) is 0 Å². The highest BCUT2D eigenvalue weighted by Gasteiger charge is 2.27. The van der Waals surface area contributed by atoms with Gasteiger partial charge in [0.2, 0.25) is 5.91 Å². The number of carbonyl (C=O) groups excluding carboxylic acids is 1. The van der Waals surface area contributed by atoms with Gasteiger partial charge >= 0.3 is 0 Å². The van der Waals surface area contributed by atoms with Gasteiger partial charge in [0.1, 0.15) is 6.04 Å². The number of anilines is 1. The molecule has 98 valence electrons. The molecule has 1 heterocycles. The van der Waals surface area contributed by atoms with Crippen LogP contribution in [0.25, 0.3) is 0 Å². The molecular formula is C15H22N2O. The van der Waals surface area contributed by atoms with Crippen LogP contribution in [0.2, 0.25) is 0 Å². The van der Waals surface area contributed by atoms with E-state index >= 15 is 0 Å². The number of benzene rings is 1. The quantitative estimate of drug-likeness (QED) is 0.838. The SMILES string of the molecule is CCCC(CC)NC(=O)C1Cc2ccccc2N1. The molecule has 2 N–H and O–H groups in total. The van der Waals surface area contributed by atoms with Gasteiger partial charge in [-0.15, -0.1) is 0 Å². The number of amides is 1. The number of nitrogens with one attached hydrogen (secondary N) is 2. The lowest BCUT2D eigenvalue weighted by molar-refractivity contribution is -0.122. The zero-order valence-corrected chi connectivity index (χ0v) is 11.2. The fourth-order valence-electron chi connectivity index (χ4n) is 2.48. The smallest absolute Gasteiger partial charge is 0.243 e. The number of hydrogen-bond donors (Lipinski definition) is 2. The van der Waals surface area contributed by atoms with E-state index in [0.29, 0.717) is 6.04 Å². The third-order valence-corrected chi connectivity index (χ3v) is 3.56. The van der Waals surface area contributed by atoms with Crippen molar-refractivity contribution in [2.75, 3.05) is 5.32 Å². The number of hydrogen-bond acceptors (Lipinski definition) is 2. The molecule has 3 nitrogen and oxygen atoms in total. The van der Waals surface area contributed by atoms with Crippen LogP contribution in [0.4, 0.5) is 5.69 Å². The molecule has 3 heteroatoms. The van der Waals surface area contributed by atoms with Crippen molar-refractivity contribution >= 4 is 11.6 Å². The standard InChI is InChI=1S/C15H22N2O/c1-3-7-12(4-2)16-15(18)14-10-11-8-5-6-9-13(11)17-14/h5-6,8-9,12,14,17H,3-4,7,10H2,1-2H3,(H,16,18). The van der Waals surface area contributed by atoms with Gasteiger partial charge in [-0.3, -0.25) is 4.79 Å². The molecular weight excluding hydrogens is 224 g/mol. The molecule has 0 bridgehead atoms. The summed E-state index contributed by atoms with van der Waals surface area (Å²) in [5.74, 6) is 0.131. The molecule has 2 unspecified atom stereocenters. The highest BCUT2D eigenvalue weighted by molar-refractivity contribution is 5.87. The first kappa shape index (κ1) is 12.9. The molecule has 1 aliphatic rings. The number of fused-ring (bicyclic) bond motifs is 1. The van der Waals surface area contributed by atoms with E-state index in [-0.39, 0.29) is 11.9 Å². The first-order chi connectivity index (χ1) is 8.74. The van der Waals surface area contributed by atoms with E-state index in [1.54, 1.807) is 0 Å². The maximum absolute atomic E-state index is 12.2. The Kier molecular flexibility index (Phi) is 4.24. The number of carbonyl (C=O) groups is 1. The van der Waals surface area contributed by atoms with E-state index in [4.69, 9.17) is 0 Å². The zero-order chi connectivity index (χ0) is 13.0. The summed E-state index contributed by atoms with van der Waals surface area (Å²) in [5, 5.41) is 6.44. The highest BCUT2D eigenvalue weighted by atomic mass is 16.2. The summed E-state index contributed by atoms with van der Waals surface area (Å²) in [4.78, 5) is 12.2. The molecule has 0 fully saturated rings. The Balaban J connectivity index is 1.92. The first-order valence-electron chi connectivity index (χ1n) is 6.89. The average molecular weight is 246 g/mol. The van der Waals surface area contributed by atoms with Gasteiger partial charge < -0.3 is 10.6 Å². The monoisotopic (exact) mass is 246 g/mol. The minimum Gasteiger partial charge on any atom is -0.373 e. The van der Waals surface area contributed by atoms with Crippen LogP contribution < -0.4 is 10.6 Å². The Bertz CT molecular complexity index is 392. The summed E-state index contributed by atoms with van der Waals surface area (Å²) in [7, 11) is 0. The van der Waals surface area contributed by atoms with Crippen LogP contribution in [0.3, 0.4) is 0 Å². The molecule has 0 aliphatic carbocycles. The van der Waals surface area contributed by atoms with Crippen molar-refractivity contribution in [1.29, 1.82) is 0 Å². The fraction of sp³-hybridized carbons (Fsp3) is 0.533. The van der Waals surface area contributed by atoms with Gasteiger partial charge in [-0.1, -0.05) is 38.5 Å². The van der Waals surface area contributed by atoms with E-state index in [1.807, 2.05) is 18.2 Å². The van der Waals surface area contributed by atoms with Gasteiger partial charge in [0.25, 0.3) is 0 Å². The predicted molar refractivity (Wildman–Crippen MR) is 74.7 cm³/mol. The van der Waals surface area contributed by atoms with Crippen molar-refractivity contribution in [3.8, 4) is 0 Å². The zero-order valence-electron chi connectivity index (χ0n) is 11.2. The van der Waals surface area contributed by atoms with Crippen LogP contribution in [0.1, 0.15) is 38.7 Å². The normalized spacial score (nSPS) is 18.9. The van der Waals surface area contributed by atoms with Crippen LogP contribution in [0, 0.1) is 0 Å². The molecule has 0 radical (unpaired) electrons. The Hall–Kier alpha value is -1.51. The highest BCUT2D eigenvalue weighted by Crippen LogP contribution is 2.25. The second-order valence-corrected chi connectivity index (χ2v) is 4.96. The van der Waals surface area contributed by atoms with Gasteiger partial charge in [0, 0.05) is 18.2 Å². The molecule has 18 heavy (non-hydrogen) atoms. The molecule has 1 aromatic rings. The van der Waals surface area contributed by atoms with Crippen LogP contribution in [0.5, 0.6) is 0 Å². The Morgan fingerprint density at radius 3 is 2.89 bits per heavy atom. The Morgan fingerprint density at radius 1 is 1.44 bits per heavy atom. The topological polar surface area (TPSA) is 41.1 Å². The molecule has 1 aliphatic heterocycles. The second kappa shape index (κ2) is 5.89. The molecule has 0 saturated carbocycles. The molecule has 0 spiro atoms. The lowest BCUT2D eigenvalue weighted by Gasteiger charge is -2.19. The van der Waals surface area contributed by atoms with E-state index < -0.39 is 0 Å². The second-order valence-electron chi connectivity index (χ2n) is 4.96. The summed E-state index contributed by atoms with van der Waals surface area (Å²) in [6.07, 6.45) is 3.96. The largest absolute Gasteiger partial charge is 0.373 e. The molecule has 1 amide bonds. The van der Waals surface area contributed by atoms with Gasteiger partial charge in [-0.25, -0.2) is 0 Å². The predicted octanol–water partition coefficient (Wildman–Crippen LogP) is 2.72. The lowest BCUT2D eigenvalue weighted by Crippen LogP contribution is -2.43. The lowest BCUT2D eigenvalue weighted by atomic mass is 10.1. The molecule has 0 aromatic heterocycles. The minimum atomic E-state index is -0.103. The Labute approximate surface area is 109 Å². The summed E-state index contributed by atoms with van der Waals surface area (Å²) < 4.78 is 0. The van der Waals surface area contributed by atoms with Crippen LogP contribution in [0.15, 0.2) is 24.3 Å². The fourth-order valence-corrected chi connectivity index (χ4v) is 2.48. The number of rotatable bonds is 5. The average Bonchev–Trinajstić information content (AvgIpc) is 2.82. The van der Waals surface area contributed by atoms with E-state index in [1.165, 1.54) is 5.56 Å². The van der Waals surface area contributed by atoms with Crippen molar-refractivity contribution in [3.05, 3.63) is 29.8 Å². The molecule has 0 saturated heterocycles. The summed E-state index contributed by atoms with van der Waals surface area (Å²) in [6.45, 7) is 4.27. The van der Waals surface area contributed by atoms with Gasteiger partial charge in [-0.2, -0.15) is 0 Å². The third-order valence-electron chi connectivity index (χ3n) is 3.56. The van der Waals surface area contributed by atoms with Crippen molar-refractivity contribution in [2.45, 2.75) is 51.6 Å². The third kappa shape index (κ3) is 2.84. The van der Waals surface area contributed by atoms with Crippen LogP contribution >= 0.6 is 0 Å².